The number of benzene rings is 2. The molecule has 0 spiro atoms. The van der Waals surface area contributed by atoms with Gasteiger partial charge in [-0.1, -0.05) is 29.8 Å². The summed E-state index contributed by atoms with van der Waals surface area (Å²) in [6.45, 7) is 1.71. The molecule has 0 saturated heterocycles. The van der Waals surface area contributed by atoms with Crippen LogP contribution in [0.4, 0.5) is 4.39 Å². The number of halogens is 1. The van der Waals surface area contributed by atoms with Gasteiger partial charge in [0, 0.05) is 25.0 Å². The highest BCUT2D eigenvalue weighted by Crippen LogP contribution is 2.20. The Bertz CT molecular complexity index is 982. The average Bonchev–Trinajstić information content (AvgIpc) is 3.10. The van der Waals surface area contributed by atoms with Crippen molar-refractivity contribution in [1.29, 1.82) is 0 Å². The molecule has 0 aliphatic carbocycles. The second-order valence-electron chi connectivity index (χ2n) is 6.50. The van der Waals surface area contributed by atoms with E-state index < -0.39 is 6.04 Å². The SMILES string of the molecule is Cc1cccc(C(=O)NCC(=O)N[C@@H](c2ccc(F)cc2)c2nccn2C)c1. The maximum atomic E-state index is 13.3. The Morgan fingerprint density at radius 2 is 1.93 bits per heavy atom. The van der Waals surface area contributed by atoms with E-state index >= 15 is 0 Å². The number of nitrogens with one attached hydrogen (secondary N) is 2. The lowest BCUT2D eigenvalue weighted by Gasteiger charge is -2.19. The molecule has 6 nitrogen and oxygen atoms in total. The quantitative estimate of drug-likeness (QED) is 0.690. The van der Waals surface area contributed by atoms with Crippen molar-refractivity contribution >= 4 is 11.8 Å². The number of amides is 2. The summed E-state index contributed by atoms with van der Waals surface area (Å²) in [6, 6.07) is 12.4. The number of aromatic nitrogens is 2. The van der Waals surface area contributed by atoms with Gasteiger partial charge in [0.1, 0.15) is 17.7 Å². The van der Waals surface area contributed by atoms with Crippen LogP contribution in [0.2, 0.25) is 0 Å². The van der Waals surface area contributed by atoms with Crippen molar-refractivity contribution in [3.05, 3.63) is 89.3 Å². The predicted molar refractivity (Wildman–Crippen MR) is 103 cm³/mol. The molecule has 1 atom stereocenters. The molecule has 1 aromatic heterocycles. The average molecular weight is 380 g/mol. The highest BCUT2D eigenvalue weighted by molar-refractivity contribution is 5.96. The normalized spacial score (nSPS) is 11.7. The first kappa shape index (κ1) is 19.3. The Labute approximate surface area is 162 Å². The number of hydrogen-bond donors (Lipinski definition) is 2. The largest absolute Gasteiger partial charge is 0.343 e. The molecule has 1 heterocycles. The van der Waals surface area contributed by atoms with Gasteiger partial charge in [-0.05, 0) is 36.8 Å². The molecule has 2 aromatic carbocycles. The second-order valence-corrected chi connectivity index (χ2v) is 6.50. The lowest BCUT2D eigenvalue weighted by Crippen LogP contribution is -2.39. The molecule has 0 aliphatic rings. The zero-order chi connectivity index (χ0) is 20.1. The zero-order valence-corrected chi connectivity index (χ0v) is 15.6. The molecule has 0 aliphatic heterocycles. The summed E-state index contributed by atoms with van der Waals surface area (Å²) in [5.41, 5.74) is 2.14. The van der Waals surface area contributed by atoms with Crippen LogP contribution in [-0.2, 0) is 11.8 Å². The first-order valence-electron chi connectivity index (χ1n) is 8.81. The lowest BCUT2D eigenvalue weighted by atomic mass is 10.1. The van der Waals surface area contributed by atoms with Crippen molar-refractivity contribution in [2.24, 2.45) is 7.05 Å². The first-order chi connectivity index (χ1) is 13.4. The van der Waals surface area contributed by atoms with Crippen LogP contribution < -0.4 is 10.6 Å². The van der Waals surface area contributed by atoms with Crippen molar-refractivity contribution < 1.29 is 14.0 Å². The standard InChI is InChI=1S/C21H21FN4O2/c1-14-4-3-5-16(12-14)21(28)24-13-18(27)25-19(20-23-10-11-26(20)2)15-6-8-17(22)9-7-15/h3-12,19H,13H2,1-2H3,(H,24,28)(H,25,27)/t19-/m0/s1. The third-order valence-electron chi connectivity index (χ3n) is 4.32. The summed E-state index contributed by atoms with van der Waals surface area (Å²) < 4.78 is 15.1. The Morgan fingerprint density at radius 1 is 1.18 bits per heavy atom. The Kier molecular flexibility index (Phi) is 5.84. The third kappa shape index (κ3) is 4.62. The van der Waals surface area contributed by atoms with Crippen molar-refractivity contribution in [1.82, 2.24) is 20.2 Å². The van der Waals surface area contributed by atoms with E-state index in [1.54, 1.807) is 47.3 Å². The molecule has 2 amide bonds. The maximum absolute atomic E-state index is 13.3. The number of carbonyl (C=O) groups is 2. The van der Waals surface area contributed by atoms with Crippen LogP contribution in [0, 0.1) is 12.7 Å². The van der Waals surface area contributed by atoms with Crippen molar-refractivity contribution in [2.45, 2.75) is 13.0 Å². The van der Waals surface area contributed by atoms with Gasteiger partial charge >= 0.3 is 0 Å². The van der Waals surface area contributed by atoms with Gasteiger partial charge in [-0.2, -0.15) is 0 Å². The van der Waals surface area contributed by atoms with E-state index in [4.69, 9.17) is 0 Å². The van der Waals surface area contributed by atoms with E-state index in [1.807, 2.05) is 20.0 Å². The van der Waals surface area contributed by atoms with E-state index in [9.17, 15) is 14.0 Å². The van der Waals surface area contributed by atoms with Gasteiger partial charge < -0.3 is 15.2 Å². The van der Waals surface area contributed by atoms with Gasteiger partial charge in [0.15, 0.2) is 0 Å². The van der Waals surface area contributed by atoms with Crippen molar-refractivity contribution in [3.63, 3.8) is 0 Å². The van der Waals surface area contributed by atoms with Crippen LogP contribution in [0.25, 0.3) is 0 Å². The molecular weight excluding hydrogens is 359 g/mol. The molecule has 7 heteroatoms. The maximum Gasteiger partial charge on any atom is 0.251 e. The fourth-order valence-electron chi connectivity index (χ4n) is 2.87. The van der Waals surface area contributed by atoms with E-state index in [-0.39, 0.29) is 24.2 Å². The zero-order valence-electron chi connectivity index (χ0n) is 15.6. The Balaban J connectivity index is 1.70. The number of nitrogens with zero attached hydrogens (tertiary/aromatic N) is 2. The molecule has 2 N–H and O–H groups in total. The summed E-state index contributed by atoms with van der Waals surface area (Å²) in [4.78, 5) is 29.0. The van der Waals surface area contributed by atoms with Crippen molar-refractivity contribution in [3.8, 4) is 0 Å². The van der Waals surface area contributed by atoms with E-state index in [2.05, 4.69) is 15.6 Å². The molecule has 0 radical (unpaired) electrons. The summed E-state index contributed by atoms with van der Waals surface area (Å²) in [5.74, 6) is -0.462. The molecule has 144 valence electrons. The van der Waals surface area contributed by atoms with Gasteiger partial charge in [0.05, 0.1) is 6.54 Å². The summed E-state index contributed by atoms with van der Waals surface area (Å²) in [5, 5.41) is 5.47. The van der Waals surface area contributed by atoms with Crippen LogP contribution in [0.3, 0.4) is 0 Å². The van der Waals surface area contributed by atoms with Gasteiger partial charge in [0.2, 0.25) is 5.91 Å². The molecule has 3 rings (SSSR count). The number of imidazole rings is 1. The summed E-state index contributed by atoms with van der Waals surface area (Å²) >= 11 is 0. The van der Waals surface area contributed by atoms with Gasteiger partial charge in [-0.15, -0.1) is 0 Å². The van der Waals surface area contributed by atoms with Gasteiger partial charge in [-0.3, -0.25) is 9.59 Å². The number of carbonyl (C=O) groups excluding carboxylic acids is 2. The first-order valence-corrected chi connectivity index (χ1v) is 8.81. The minimum atomic E-state index is -0.566. The lowest BCUT2D eigenvalue weighted by molar-refractivity contribution is -0.120. The Hall–Kier alpha value is -3.48. The number of aryl methyl sites for hydroxylation is 2. The van der Waals surface area contributed by atoms with Gasteiger partial charge in [-0.25, -0.2) is 9.37 Å². The van der Waals surface area contributed by atoms with E-state index in [0.717, 1.165) is 5.56 Å². The number of hydrogen-bond acceptors (Lipinski definition) is 3. The van der Waals surface area contributed by atoms with Gasteiger partial charge in [0.25, 0.3) is 5.91 Å². The predicted octanol–water partition coefficient (Wildman–Crippen LogP) is 2.50. The Morgan fingerprint density at radius 3 is 2.57 bits per heavy atom. The molecular formula is C21H21FN4O2. The topological polar surface area (TPSA) is 76.0 Å². The molecule has 0 saturated carbocycles. The van der Waals surface area contributed by atoms with E-state index in [0.29, 0.717) is 17.0 Å². The molecule has 0 fully saturated rings. The minimum Gasteiger partial charge on any atom is -0.343 e. The summed E-state index contributed by atoms with van der Waals surface area (Å²) in [6.07, 6.45) is 3.38. The molecule has 3 aromatic rings. The van der Waals surface area contributed by atoms with Crippen molar-refractivity contribution in [2.75, 3.05) is 6.54 Å². The highest BCUT2D eigenvalue weighted by Gasteiger charge is 2.21. The molecule has 0 unspecified atom stereocenters. The third-order valence-corrected chi connectivity index (χ3v) is 4.32. The monoisotopic (exact) mass is 380 g/mol. The smallest absolute Gasteiger partial charge is 0.251 e. The molecule has 28 heavy (non-hydrogen) atoms. The van der Waals surface area contributed by atoms with Crippen LogP contribution in [0.15, 0.2) is 60.9 Å². The highest BCUT2D eigenvalue weighted by atomic mass is 19.1. The fourth-order valence-corrected chi connectivity index (χ4v) is 2.87. The van der Waals surface area contributed by atoms with Crippen LogP contribution in [0.1, 0.15) is 33.4 Å². The second kappa shape index (κ2) is 8.47. The summed E-state index contributed by atoms with van der Waals surface area (Å²) in [7, 11) is 1.81. The van der Waals surface area contributed by atoms with Crippen LogP contribution >= 0.6 is 0 Å². The van der Waals surface area contributed by atoms with Crippen LogP contribution in [0.5, 0.6) is 0 Å². The van der Waals surface area contributed by atoms with E-state index in [1.165, 1.54) is 12.1 Å². The fraction of sp³-hybridized carbons (Fsp3) is 0.190. The number of rotatable bonds is 6. The molecule has 0 bridgehead atoms. The van der Waals surface area contributed by atoms with Crippen LogP contribution in [-0.4, -0.2) is 27.9 Å². The minimum absolute atomic E-state index is 0.186.